The first-order valence-electron chi connectivity index (χ1n) is 8.17. The minimum absolute atomic E-state index is 0.119. The van der Waals surface area contributed by atoms with E-state index in [1.54, 1.807) is 14.2 Å². The summed E-state index contributed by atoms with van der Waals surface area (Å²) in [5.74, 6) is 1.79. The van der Waals surface area contributed by atoms with Gasteiger partial charge in [-0.2, -0.15) is 0 Å². The van der Waals surface area contributed by atoms with Gasteiger partial charge in [0.05, 0.1) is 14.2 Å². The number of ether oxygens (including phenoxy) is 2. The number of rotatable bonds is 8. The van der Waals surface area contributed by atoms with Gasteiger partial charge in [0.2, 0.25) is 0 Å². The zero-order valence-electron chi connectivity index (χ0n) is 14.3. The molecular formula is C20H27NO2. The van der Waals surface area contributed by atoms with E-state index in [1.807, 2.05) is 13.0 Å². The Morgan fingerprint density at radius 2 is 1.52 bits per heavy atom. The third kappa shape index (κ3) is 5.00. The van der Waals surface area contributed by atoms with Crippen molar-refractivity contribution < 1.29 is 9.47 Å². The molecule has 2 rings (SSSR count). The maximum absolute atomic E-state index is 5.91. The van der Waals surface area contributed by atoms with E-state index in [2.05, 4.69) is 36.4 Å². The molecule has 0 spiro atoms. The fourth-order valence-electron chi connectivity index (χ4n) is 2.89. The van der Waals surface area contributed by atoms with E-state index in [0.29, 0.717) is 0 Å². The summed E-state index contributed by atoms with van der Waals surface area (Å²) in [6.45, 7) is 2.01. The Bertz CT molecular complexity index is 583. The predicted octanol–water partition coefficient (Wildman–Crippen LogP) is 3.77. The van der Waals surface area contributed by atoms with Gasteiger partial charge in [0, 0.05) is 11.6 Å². The normalized spacial score (nSPS) is 12.0. The molecule has 0 aromatic heterocycles. The van der Waals surface area contributed by atoms with Crippen LogP contribution in [0.25, 0.3) is 0 Å². The van der Waals surface area contributed by atoms with Crippen molar-refractivity contribution in [3.63, 3.8) is 0 Å². The lowest BCUT2D eigenvalue weighted by molar-refractivity contribution is 0.383. The van der Waals surface area contributed by atoms with Gasteiger partial charge in [0.1, 0.15) is 11.5 Å². The number of benzene rings is 2. The SMILES string of the molecule is COc1cc(C[C@@H](C)N)cc(OC)c1CCCc1ccccc1. The molecule has 2 aromatic rings. The number of nitrogens with two attached hydrogens (primary N) is 1. The molecule has 2 aromatic carbocycles. The summed E-state index contributed by atoms with van der Waals surface area (Å²) in [6, 6.07) is 14.8. The summed E-state index contributed by atoms with van der Waals surface area (Å²) in [5.41, 5.74) is 9.56. The van der Waals surface area contributed by atoms with Crippen LogP contribution in [-0.2, 0) is 19.3 Å². The quantitative estimate of drug-likeness (QED) is 0.807. The molecule has 0 fully saturated rings. The summed E-state index contributed by atoms with van der Waals surface area (Å²) >= 11 is 0. The van der Waals surface area contributed by atoms with Gasteiger partial charge in [0.15, 0.2) is 0 Å². The second-order valence-corrected chi connectivity index (χ2v) is 6.00. The van der Waals surface area contributed by atoms with Gasteiger partial charge < -0.3 is 15.2 Å². The van der Waals surface area contributed by atoms with Crippen molar-refractivity contribution in [2.45, 2.75) is 38.6 Å². The van der Waals surface area contributed by atoms with Crippen molar-refractivity contribution in [3.8, 4) is 11.5 Å². The van der Waals surface area contributed by atoms with Crippen molar-refractivity contribution in [2.24, 2.45) is 5.73 Å². The lowest BCUT2D eigenvalue weighted by Crippen LogP contribution is -2.18. The molecule has 0 saturated carbocycles. The van der Waals surface area contributed by atoms with Crippen LogP contribution in [-0.4, -0.2) is 20.3 Å². The fourth-order valence-corrected chi connectivity index (χ4v) is 2.89. The maximum Gasteiger partial charge on any atom is 0.126 e. The number of hydrogen-bond acceptors (Lipinski definition) is 3. The van der Waals surface area contributed by atoms with E-state index < -0.39 is 0 Å². The topological polar surface area (TPSA) is 44.5 Å². The van der Waals surface area contributed by atoms with E-state index in [-0.39, 0.29) is 6.04 Å². The predicted molar refractivity (Wildman–Crippen MR) is 95.4 cm³/mol. The first-order valence-corrected chi connectivity index (χ1v) is 8.17. The van der Waals surface area contributed by atoms with Gasteiger partial charge in [-0.15, -0.1) is 0 Å². The summed E-state index contributed by atoms with van der Waals surface area (Å²) in [5, 5.41) is 0. The molecule has 1 atom stereocenters. The highest BCUT2D eigenvalue weighted by Gasteiger charge is 2.13. The third-order valence-corrected chi connectivity index (χ3v) is 3.96. The first-order chi connectivity index (χ1) is 11.1. The highest BCUT2D eigenvalue weighted by Crippen LogP contribution is 2.32. The van der Waals surface area contributed by atoms with Crippen LogP contribution in [0.4, 0.5) is 0 Å². The molecule has 124 valence electrons. The largest absolute Gasteiger partial charge is 0.496 e. The molecule has 23 heavy (non-hydrogen) atoms. The second-order valence-electron chi connectivity index (χ2n) is 6.00. The van der Waals surface area contributed by atoms with E-state index in [0.717, 1.165) is 48.3 Å². The Balaban J connectivity index is 2.12. The van der Waals surface area contributed by atoms with E-state index >= 15 is 0 Å². The van der Waals surface area contributed by atoms with Crippen LogP contribution in [0.1, 0.15) is 30.0 Å². The fraction of sp³-hybridized carbons (Fsp3) is 0.400. The lowest BCUT2D eigenvalue weighted by atomic mass is 9.99. The van der Waals surface area contributed by atoms with Gasteiger partial charge in [-0.05, 0) is 55.9 Å². The van der Waals surface area contributed by atoms with E-state index in [9.17, 15) is 0 Å². The maximum atomic E-state index is 5.91. The monoisotopic (exact) mass is 313 g/mol. The Kier molecular flexibility index (Phi) is 6.48. The van der Waals surface area contributed by atoms with Gasteiger partial charge in [0.25, 0.3) is 0 Å². The van der Waals surface area contributed by atoms with Gasteiger partial charge in [-0.3, -0.25) is 0 Å². The molecule has 0 unspecified atom stereocenters. The van der Waals surface area contributed by atoms with Crippen molar-refractivity contribution in [1.82, 2.24) is 0 Å². The molecule has 0 radical (unpaired) electrons. The van der Waals surface area contributed by atoms with Crippen LogP contribution in [0.15, 0.2) is 42.5 Å². The molecule has 0 aliphatic rings. The van der Waals surface area contributed by atoms with Crippen molar-refractivity contribution in [2.75, 3.05) is 14.2 Å². The summed E-state index contributed by atoms with van der Waals surface area (Å²) in [4.78, 5) is 0. The molecule has 2 N–H and O–H groups in total. The molecule has 0 aliphatic heterocycles. The molecule has 0 amide bonds. The average Bonchev–Trinajstić information content (AvgIpc) is 2.55. The molecule has 0 heterocycles. The highest BCUT2D eigenvalue weighted by atomic mass is 16.5. The lowest BCUT2D eigenvalue weighted by Gasteiger charge is -2.16. The van der Waals surface area contributed by atoms with Crippen LogP contribution < -0.4 is 15.2 Å². The van der Waals surface area contributed by atoms with Gasteiger partial charge in [-0.25, -0.2) is 0 Å². The van der Waals surface area contributed by atoms with Gasteiger partial charge in [-0.1, -0.05) is 30.3 Å². The van der Waals surface area contributed by atoms with E-state index in [1.165, 1.54) is 5.56 Å². The number of aryl methyl sites for hydroxylation is 1. The van der Waals surface area contributed by atoms with E-state index in [4.69, 9.17) is 15.2 Å². The van der Waals surface area contributed by atoms with Crippen molar-refractivity contribution >= 4 is 0 Å². The molecule has 0 bridgehead atoms. The van der Waals surface area contributed by atoms with Crippen LogP contribution in [0, 0.1) is 0 Å². The third-order valence-electron chi connectivity index (χ3n) is 3.96. The van der Waals surface area contributed by atoms with Gasteiger partial charge >= 0.3 is 0 Å². The Hall–Kier alpha value is -2.00. The summed E-state index contributed by atoms with van der Waals surface area (Å²) in [6.07, 6.45) is 3.86. The molecule has 0 saturated heterocycles. The number of methoxy groups -OCH3 is 2. The van der Waals surface area contributed by atoms with Crippen LogP contribution in [0.2, 0.25) is 0 Å². The van der Waals surface area contributed by atoms with Crippen LogP contribution >= 0.6 is 0 Å². The second kappa shape index (κ2) is 8.59. The zero-order chi connectivity index (χ0) is 16.7. The molecule has 3 heteroatoms. The zero-order valence-corrected chi connectivity index (χ0v) is 14.3. The Morgan fingerprint density at radius 3 is 2.04 bits per heavy atom. The first kappa shape index (κ1) is 17.4. The van der Waals surface area contributed by atoms with Crippen LogP contribution in [0.3, 0.4) is 0 Å². The van der Waals surface area contributed by atoms with Crippen LogP contribution in [0.5, 0.6) is 11.5 Å². The Morgan fingerprint density at radius 1 is 0.913 bits per heavy atom. The Labute approximate surface area is 139 Å². The molecule has 3 nitrogen and oxygen atoms in total. The minimum Gasteiger partial charge on any atom is -0.496 e. The number of hydrogen-bond donors (Lipinski definition) is 1. The molecular weight excluding hydrogens is 286 g/mol. The average molecular weight is 313 g/mol. The smallest absolute Gasteiger partial charge is 0.126 e. The highest BCUT2D eigenvalue weighted by molar-refractivity contribution is 5.48. The van der Waals surface area contributed by atoms with Crippen molar-refractivity contribution in [1.29, 1.82) is 0 Å². The summed E-state index contributed by atoms with van der Waals surface area (Å²) < 4.78 is 11.2. The standard InChI is InChI=1S/C20H27NO2/c1-15(21)12-17-13-19(22-2)18(20(14-17)23-3)11-7-10-16-8-5-4-6-9-16/h4-6,8-9,13-15H,7,10-12,21H2,1-3H3/t15-/m1/s1. The van der Waals surface area contributed by atoms with Crippen molar-refractivity contribution in [3.05, 3.63) is 59.2 Å². The summed E-state index contributed by atoms with van der Waals surface area (Å²) in [7, 11) is 3.43. The minimum atomic E-state index is 0.119. The molecule has 0 aliphatic carbocycles.